The van der Waals surface area contributed by atoms with Gasteiger partial charge in [-0.05, 0) is 13.0 Å². The molecule has 15 heavy (non-hydrogen) atoms. The van der Waals surface area contributed by atoms with E-state index < -0.39 is 0 Å². The number of benzene rings is 1. The molecule has 0 aromatic heterocycles. The number of aromatic hydroxyl groups is 1. The molecule has 0 radical (unpaired) electrons. The SMILES string of the molecule is C=C(C)C(CO)NCc1ccccc1O. The van der Waals surface area contributed by atoms with Crippen LogP contribution in [0.4, 0.5) is 0 Å². The summed E-state index contributed by atoms with van der Waals surface area (Å²) in [6.07, 6.45) is 0. The summed E-state index contributed by atoms with van der Waals surface area (Å²) in [5.41, 5.74) is 1.70. The molecule has 0 saturated carbocycles. The van der Waals surface area contributed by atoms with Gasteiger partial charge in [0.25, 0.3) is 0 Å². The summed E-state index contributed by atoms with van der Waals surface area (Å²) in [4.78, 5) is 0. The van der Waals surface area contributed by atoms with Gasteiger partial charge in [-0.25, -0.2) is 0 Å². The van der Waals surface area contributed by atoms with Crippen molar-refractivity contribution in [3.8, 4) is 5.75 Å². The fourth-order valence-corrected chi connectivity index (χ4v) is 1.29. The molecule has 0 aliphatic rings. The van der Waals surface area contributed by atoms with Crippen LogP contribution in [0.2, 0.25) is 0 Å². The molecule has 1 aromatic rings. The van der Waals surface area contributed by atoms with Crippen molar-refractivity contribution in [2.24, 2.45) is 0 Å². The molecule has 1 aromatic carbocycles. The van der Waals surface area contributed by atoms with Gasteiger partial charge in [0.1, 0.15) is 5.75 Å². The molecule has 0 saturated heterocycles. The van der Waals surface area contributed by atoms with Crippen LogP contribution in [0, 0.1) is 0 Å². The Labute approximate surface area is 90.1 Å². The summed E-state index contributed by atoms with van der Waals surface area (Å²) in [7, 11) is 0. The molecule has 1 unspecified atom stereocenters. The van der Waals surface area contributed by atoms with Gasteiger partial charge in [0.05, 0.1) is 12.6 Å². The van der Waals surface area contributed by atoms with E-state index in [0.29, 0.717) is 6.54 Å². The second-order valence-corrected chi connectivity index (χ2v) is 3.59. The molecule has 0 fully saturated rings. The summed E-state index contributed by atoms with van der Waals surface area (Å²) in [5, 5.41) is 21.7. The van der Waals surface area contributed by atoms with Crippen LogP contribution in [-0.2, 0) is 6.54 Å². The normalized spacial score (nSPS) is 12.4. The lowest BCUT2D eigenvalue weighted by molar-refractivity contribution is 0.258. The Balaban J connectivity index is 2.56. The van der Waals surface area contributed by atoms with E-state index in [1.165, 1.54) is 0 Å². The van der Waals surface area contributed by atoms with Gasteiger partial charge in [-0.15, -0.1) is 0 Å². The van der Waals surface area contributed by atoms with Gasteiger partial charge < -0.3 is 15.5 Å². The summed E-state index contributed by atoms with van der Waals surface area (Å²) >= 11 is 0. The third-order valence-corrected chi connectivity index (χ3v) is 2.31. The van der Waals surface area contributed by atoms with Gasteiger partial charge in [-0.3, -0.25) is 0 Å². The zero-order valence-corrected chi connectivity index (χ0v) is 8.90. The van der Waals surface area contributed by atoms with E-state index in [0.717, 1.165) is 11.1 Å². The van der Waals surface area contributed by atoms with Crippen LogP contribution >= 0.6 is 0 Å². The van der Waals surface area contributed by atoms with Crippen LogP contribution in [-0.4, -0.2) is 22.9 Å². The van der Waals surface area contributed by atoms with Gasteiger partial charge in [-0.2, -0.15) is 0 Å². The number of phenols is 1. The van der Waals surface area contributed by atoms with E-state index in [9.17, 15) is 5.11 Å². The average Bonchev–Trinajstić information content (AvgIpc) is 2.21. The number of aliphatic hydroxyl groups is 1. The standard InChI is InChI=1S/C12H17NO2/c1-9(2)11(8-14)13-7-10-5-3-4-6-12(10)15/h3-6,11,13-15H,1,7-8H2,2H3. The first-order chi connectivity index (χ1) is 7.15. The van der Waals surface area contributed by atoms with Gasteiger partial charge >= 0.3 is 0 Å². The van der Waals surface area contributed by atoms with Crippen molar-refractivity contribution in [3.05, 3.63) is 42.0 Å². The minimum atomic E-state index is -0.121. The van der Waals surface area contributed by atoms with Crippen molar-refractivity contribution < 1.29 is 10.2 Å². The molecule has 0 aliphatic carbocycles. The lowest BCUT2D eigenvalue weighted by Gasteiger charge is -2.16. The van der Waals surface area contributed by atoms with E-state index >= 15 is 0 Å². The van der Waals surface area contributed by atoms with E-state index in [1.807, 2.05) is 19.1 Å². The third-order valence-electron chi connectivity index (χ3n) is 2.31. The quantitative estimate of drug-likeness (QED) is 0.640. The third kappa shape index (κ3) is 3.38. The fraction of sp³-hybridized carbons (Fsp3) is 0.333. The van der Waals surface area contributed by atoms with Crippen molar-refractivity contribution in [1.82, 2.24) is 5.32 Å². The zero-order valence-electron chi connectivity index (χ0n) is 8.90. The monoisotopic (exact) mass is 207 g/mol. The Morgan fingerprint density at radius 2 is 2.13 bits per heavy atom. The van der Waals surface area contributed by atoms with Crippen LogP contribution in [0.25, 0.3) is 0 Å². The molecule has 0 aliphatic heterocycles. The van der Waals surface area contributed by atoms with Crippen LogP contribution in [0.5, 0.6) is 5.75 Å². The van der Waals surface area contributed by atoms with E-state index in [4.69, 9.17) is 5.11 Å². The number of aliphatic hydroxyl groups excluding tert-OH is 1. The van der Waals surface area contributed by atoms with Crippen molar-refractivity contribution in [1.29, 1.82) is 0 Å². The van der Waals surface area contributed by atoms with Crippen molar-refractivity contribution >= 4 is 0 Å². The lowest BCUT2D eigenvalue weighted by atomic mass is 10.1. The Kier molecular flexibility index (Phi) is 4.34. The Hall–Kier alpha value is -1.32. The highest BCUT2D eigenvalue weighted by Gasteiger charge is 2.07. The molecule has 1 rings (SSSR count). The van der Waals surface area contributed by atoms with Gasteiger partial charge in [0.15, 0.2) is 0 Å². The average molecular weight is 207 g/mol. The zero-order chi connectivity index (χ0) is 11.3. The Bertz CT molecular complexity index is 336. The largest absolute Gasteiger partial charge is 0.508 e. The first-order valence-electron chi connectivity index (χ1n) is 4.91. The number of phenolic OH excluding ortho intramolecular Hbond substituents is 1. The molecule has 3 heteroatoms. The van der Waals surface area contributed by atoms with E-state index in [-0.39, 0.29) is 18.4 Å². The number of hydrogen-bond acceptors (Lipinski definition) is 3. The highest BCUT2D eigenvalue weighted by atomic mass is 16.3. The predicted molar refractivity (Wildman–Crippen MR) is 60.6 cm³/mol. The maximum atomic E-state index is 9.51. The number of hydrogen-bond donors (Lipinski definition) is 3. The second-order valence-electron chi connectivity index (χ2n) is 3.59. The fourth-order valence-electron chi connectivity index (χ4n) is 1.29. The topological polar surface area (TPSA) is 52.5 Å². The summed E-state index contributed by atoms with van der Waals surface area (Å²) < 4.78 is 0. The first-order valence-corrected chi connectivity index (χ1v) is 4.91. The molecule has 1 atom stereocenters. The molecule has 3 N–H and O–H groups in total. The maximum Gasteiger partial charge on any atom is 0.120 e. The molecule has 0 bridgehead atoms. The van der Waals surface area contributed by atoms with Crippen molar-refractivity contribution in [2.45, 2.75) is 19.5 Å². The van der Waals surface area contributed by atoms with E-state index in [2.05, 4.69) is 11.9 Å². The van der Waals surface area contributed by atoms with Gasteiger partial charge in [0, 0.05) is 12.1 Å². The molecule has 0 heterocycles. The minimum absolute atomic E-state index is 0.0168. The lowest BCUT2D eigenvalue weighted by Crippen LogP contribution is -2.32. The smallest absolute Gasteiger partial charge is 0.120 e. The van der Waals surface area contributed by atoms with Gasteiger partial charge in [-0.1, -0.05) is 30.4 Å². The number of nitrogens with one attached hydrogen (secondary N) is 1. The second kappa shape index (κ2) is 5.53. The molecule has 3 nitrogen and oxygen atoms in total. The molecule has 82 valence electrons. The highest BCUT2D eigenvalue weighted by molar-refractivity contribution is 5.31. The maximum absolute atomic E-state index is 9.51. The van der Waals surface area contributed by atoms with Crippen molar-refractivity contribution in [3.63, 3.8) is 0 Å². The van der Waals surface area contributed by atoms with Crippen LogP contribution < -0.4 is 5.32 Å². The summed E-state index contributed by atoms with van der Waals surface area (Å²) in [6, 6.07) is 7.01. The molecular formula is C12H17NO2. The minimum Gasteiger partial charge on any atom is -0.508 e. The highest BCUT2D eigenvalue weighted by Crippen LogP contribution is 2.15. The first kappa shape index (κ1) is 11.8. The van der Waals surface area contributed by atoms with Crippen LogP contribution in [0.15, 0.2) is 36.4 Å². The van der Waals surface area contributed by atoms with Crippen molar-refractivity contribution in [2.75, 3.05) is 6.61 Å². The van der Waals surface area contributed by atoms with Gasteiger partial charge in [0.2, 0.25) is 0 Å². The predicted octanol–water partition coefficient (Wildman–Crippen LogP) is 1.42. The Morgan fingerprint density at radius 3 is 2.67 bits per heavy atom. The number of para-hydroxylation sites is 1. The van der Waals surface area contributed by atoms with Crippen LogP contribution in [0.3, 0.4) is 0 Å². The summed E-state index contributed by atoms with van der Waals surface area (Å²) in [5.74, 6) is 0.267. The molecular weight excluding hydrogens is 190 g/mol. The van der Waals surface area contributed by atoms with Crippen LogP contribution in [0.1, 0.15) is 12.5 Å². The number of rotatable bonds is 5. The van der Waals surface area contributed by atoms with E-state index in [1.54, 1.807) is 12.1 Å². The molecule has 0 spiro atoms. The summed E-state index contributed by atoms with van der Waals surface area (Å²) in [6.45, 7) is 6.17. The Morgan fingerprint density at radius 1 is 1.47 bits per heavy atom. The molecule has 0 amide bonds.